The summed E-state index contributed by atoms with van der Waals surface area (Å²) < 4.78 is 5.63. The van der Waals surface area contributed by atoms with Crippen molar-refractivity contribution in [3.8, 4) is 0 Å². The lowest BCUT2D eigenvalue weighted by molar-refractivity contribution is 0.0252. The standard InChI is InChI=1S/C26H23ClN2O3/c27-21-7-4-8-22(17-21)28-11-13-29(14-12-28)25(30)19-9-10-23-20(15-19)16-24(32-26(23)31)18-5-2-1-3-6-18/h1-10,15,17,24H,11-14,16H2. The predicted molar refractivity (Wildman–Crippen MR) is 124 cm³/mol. The van der Waals surface area contributed by atoms with Gasteiger partial charge in [0, 0.05) is 48.9 Å². The molecule has 0 saturated carbocycles. The first-order valence-electron chi connectivity index (χ1n) is 10.8. The van der Waals surface area contributed by atoms with Gasteiger partial charge in [0.2, 0.25) is 0 Å². The van der Waals surface area contributed by atoms with Crippen molar-refractivity contribution in [2.45, 2.75) is 12.5 Å². The van der Waals surface area contributed by atoms with Crippen LogP contribution in [-0.2, 0) is 11.2 Å². The fourth-order valence-corrected chi connectivity index (χ4v) is 4.59. The molecule has 2 heterocycles. The third kappa shape index (κ3) is 4.08. The fourth-order valence-electron chi connectivity index (χ4n) is 4.41. The summed E-state index contributed by atoms with van der Waals surface area (Å²) in [6.45, 7) is 2.77. The SMILES string of the molecule is O=C1OC(c2ccccc2)Cc2cc(C(=O)N3CCN(c4cccc(Cl)c4)CC3)ccc21. The number of hydrogen-bond donors (Lipinski definition) is 0. The molecule has 1 atom stereocenters. The summed E-state index contributed by atoms with van der Waals surface area (Å²) in [6.07, 6.45) is 0.233. The van der Waals surface area contributed by atoms with Crippen molar-refractivity contribution in [2.75, 3.05) is 31.1 Å². The highest BCUT2D eigenvalue weighted by molar-refractivity contribution is 6.30. The second-order valence-electron chi connectivity index (χ2n) is 8.14. The van der Waals surface area contributed by atoms with E-state index in [4.69, 9.17) is 16.3 Å². The highest BCUT2D eigenvalue weighted by Gasteiger charge is 2.29. The number of rotatable bonds is 3. The molecule has 0 radical (unpaired) electrons. The molecule has 2 aliphatic heterocycles. The van der Waals surface area contributed by atoms with Gasteiger partial charge in [-0.3, -0.25) is 4.79 Å². The number of halogens is 1. The van der Waals surface area contributed by atoms with Crippen LogP contribution in [0.15, 0.2) is 72.8 Å². The first kappa shape index (κ1) is 20.6. The van der Waals surface area contributed by atoms with Crippen LogP contribution in [0.4, 0.5) is 5.69 Å². The van der Waals surface area contributed by atoms with Crippen molar-refractivity contribution in [2.24, 2.45) is 0 Å². The van der Waals surface area contributed by atoms with Crippen LogP contribution >= 0.6 is 11.6 Å². The van der Waals surface area contributed by atoms with E-state index in [0.717, 1.165) is 29.9 Å². The highest BCUT2D eigenvalue weighted by Crippen LogP contribution is 2.31. The number of benzene rings is 3. The molecule has 1 fully saturated rings. The van der Waals surface area contributed by atoms with Crippen LogP contribution in [0.1, 0.15) is 37.9 Å². The minimum Gasteiger partial charge on any atom is -0.454 e. The van der Waals surface area contributed by atoms with Gasteiger partial charge in [0.1, 0.15) is 6.10 Å². The van der Waals surface area contributed by atoms with Crippen molar-refractivity contribution < 1.29 is 14.3 Å². The summed E-state index contributed by atoms with van der Waals surface area (Å²) in [4.78, 5) is 29.8. The molecule has 2 aliphatic rings. The Kier molecular flexibility index (Phi) is 5.58. The third-order valence-electron chi connectivity index (χ3n) is 6.14. The molecule has 32 heavy (non-hydrogen) atoms. The number of ether oxygens (including phenoxy) is 1. The molecule has 0 bridgehead atoms. The molecule has 162 valence electrons. The summed E-state index contributed by atoms with van der Waals surface area (Å²) in [5, 5.41) is 0.711. The molecule has 5 rings (SSSR count). The molecule has 3 aromatic rings. The monoisotopic (exact) mass is 446 g/mol. The number of amides is 1. The largest absolute Gasteiger partial charge is 0.454 e. The first-order chi connectivity index (χ1) is 15.6. The van der Waals surface area contributed by atoms with Crippen LogP contribution in [-0.4, -0.2) is 43.0 Å². The van der Waals surface area contributed by atoms with Gasteiger partial charge in [-0.25, -0.2) is 4.79 Å². The van der Waals surface area contributed by atoms with Crippen LogP contribution in [0.25, 0.3) is 0 Å². The molecular formula is C26H23ClN2O3. The van der Waals surface area contributed by atoms with Gasteiger partial charge in [0.05, 0.1) is 5.56 Å². The predicted octanol–water partition coefficient (Wildman–Crippen LogP) is 4.76. The second kappa shape index (κ2) is 8.67. The van der Waals surface area contributed by atoms with Crippen molar-refractivity contribution in [3.63, 3.8) is 0 Å². The van der Waals surface area contributed by atoms with Gasteiger partial charge in [-0.1, -0.05) is 48.0 Å². The van der Waals surface area contributed by atoms with E-state index in [-0.39, 0.29) is 18.0 Å². The Bertz CT molecular complexity index is 1160. The Morgan fingerprint density at radius 1 is 0.906 bits per heavy atom. The maximum absolute atomic E-state index is 13.2. The number of carbonyl (C=O) groups is 2. The van der Waals surface area contributed by atoms with Crippen molar-refractivity contribution in [1.82, 2.24) is 4.90 Å². The molecule has 1 amide bonds. The zero-order valence-electron chi connectivity index (χ0n) is 17.5. The van der Waals surface area contributed by atoms with E-state index in [1.165, 1.54) is 0 Å². The number of piperazine rings is 1. The second-order valence-corrected chi connectivity index (χ2v) is 8.58. The van der Waals surface area contributed by atoms with E-state index in [1.807, 2.05) is 65.6 Å². The van der Waals surface area contributed by atoms with Crippen LogP contribution in [0.2, 0.25) is 5.02 Å². The summed E-state index contributed by atoms with van der Waals surface area (Å²) in [7, 11) is 0. The van der Waals surface area contributed by atoms with E-state index in [1.54, 1.807) is 12.1 Å². The molecule has 5 nitrogen and oxygen atoms in total. The Morgan fingerprint density at radius 2 is 1.69 bits per heavy atom. The van der Waals surface area contributed by atoms with Gasteiger partial charge in [-0.05, 0) is 47.5 Å². The summed E-state index contributed by atoms with van der Waals surface area (Å²) in [6, 6.07) is 22.8. The van der Waals surface area contributed by atoms with Crippen LogP contribution < -0.4 is 4.90 Å². The maximum Gasteiger partial charge on any atom is 0.339 e. The van der Waals surface area contributed by atoms with Crippen LogP contribution in [0.5, 0.6) is 0 Å². The smallest absolute Gasteiger partial charge is 0.339 e. The van der Waals surface area contributed by atoms with Crippen LogP contribution in [0.3, 0.4) is 0 Å². The normalized spacial score (nSPS) is 18.2. The van der Waals surface area contributed by atoms with Crippen molar-refractivity contribution in [1.29, 1.82) is 0 Å². The highest BCUT2D eigenvalue weighted by atomic mass is 35.5. The lowest BCUT2D eigenvalue weighted by atomic mass is 9.93. The van der Waals surface area contributed by atoms with Gasteiger partial charge in [-0.15, -0.1) is 0 Å². The zero-order chi connectivity index (χ0) is 22.1. The lowest BCUT2D eigenvalue weighted by Gasteiger charge is -2.36. The van der Waals surface area contributed by atoms with E-state index in [9.17, 15) is 9.59 Å². The average molecular weight is 447 g/mol. The maximum atomic E-state index is 13.2. The number of fused-ring (bicyclic) bond motifs is 1. The number of hydrogen-bond acceptors (Lipinski definition) is 4. The minimum atomic E-state index is -0.339. The third-order valence-corrected chi connectivity index (χ3v) is 6.37. The molecule has 6 heteroatoms. The number of nitrogens with zero attached hydrogens (tertiary/aromatic N) is 2. The Hall–Kier alpha value is -3.31. The van der Waals surface area contributed by atoms with Gasteiger partial charge in [0.25, 0.3) is 5.91 Å². The number of anilines is 1. The molecular weight excluding hydrogens is 424 g/mol. The van der Waals surface area contributed by atoms with E-state index >= 15 is 0 Å². The van der Waals surface area contributed by atoms with E-state index < -0.39 is 0 Å². The van der Waals surface area contributed by atoms with Gasteiger partial charge in [-0.2, -0.15) is 0 Å². The molecule has 0 aromatic heterocycles. The minimum absolute atomic E-state index is 0.00579. The van der Waals surface area contributed by atoms with Crippen molar-refractivity contribution >= 4 is 29.2 Å². The molecule has 0 spiro atoms. The Labute approximate surface area is 192 Å². The summed E-state index contributed by atoms with van der Waals surface area (Å²) in [5.74, 6) is -0.344. The van der Waals surface area contributed by atoms with Crippen LogP contribution in [0, 0.1) is 0 Å². The summed E-state index contributed by atoms with van der Waals surface area (Å²) in [5.41, 5.74) is 4.05. The van der Waals surface area contributed by atoms with E-state index in [2.05, 4.69) is 4.90 Å². The van der Waals surface area contributed by atoms with Gasteiger partial charge in [0.15, 0.2) is 0 Å². The number of cyclic esters (lactones) is 1. The molecule has 1 saturated heterocycles. The zero-order valence-corrected chi connectivity index (χ0v) is 18.3. The first-order valence-corrected chi connectivity index (χ1v) is 11.1. The van der Waals surface area contributed by atoms with Gasteiger partial charge >= 0.3 is 5.97 Å². The molecule has 0 aliphatic carbocycles. The van der Waals surface area contributed by atoms with Gasteiger partial charge < -0.3 is 14.5 Å². The number of carbonyl (C=O) groups excluding carboxylic acids is 2. The number of esters is 1. The lowest BCUT2D eigenvalue weighted by Crippen LogP contribution is -2.48. The van der Waals surface area contributed by atoms with E-state index in [0.29, 0.717) is 35.7 Å². The molecule has 1 unspecified atom stereocenters. The Balaban J connectivity index is 1.30. The fraction of sp³-hybridized carbons (Fsp3) is 0.231. The molecule has 0 N–H and O–H groups in total. The summed E-state index contributed by atoms with van der Waals surface area (Å²) >= 11 is 6.12. The average Bonchev–Trinajstić information content (AvgIpc) is 2.84. The quantitative estimate of drug-likeness (QED) is 0.544. The topological polar surface area (TPSA) is 49.9 Å². The Morgan fingerprint density at radius 3 is 2.44 bits per heavy atom. The molecule has 3 aromatic carbocycles. The van der Waals surface area contributed by atoms with Crippen molar-refractivity contribution in [3.05, 3.63) is 100 Å².